The number of allylic oxidation sites excluding steroid dienone is 1. The largest absolute Gasteiger partial charge is 0.342 e. The minimum absolute atomic E-state index is 0.0448. The molecule has 0 aromatic carbocycles. The van der Waals surface area contributed by atoms with Gasteiger partial charge in [0, 0.05) is 43.4 Å². The Bertz CT molecular complexity index is 640. The lowest BCUT2D eigenvalue weighted by atomic mass is 9.82. The van der Waals surface area contributed by atoms with Gasteiger partial charge in [0.2, 0.25) is 5.91 Å². The molecular weight excluding hydrogens is 310 g/mol. The van der Waals surface area contributed by atoms with Crippen molar-refractivity contribution >= 4 is 23.2 Å². The SMILES string of the molecule is O=C(CC1=CCCC1)N1CC[C@H]2[C@@H](C1)CN2C(=O)c1cscn1. The fourth-order valence-corrected chi connectivity index (χ4v) is 4.51. The predicted molar refractivity (Wildman–Crippen MR) is 88.2 cm³/mol. The Hall–Kier alpha value is -1.69. The molecule has 1 aromatic rings. The van der Waals surface area contributed by atoms with Gasteiger partial charge in [-0.25, -0.2) is 4.98 Å². The molecule has 2 saturated heterocycles. The highest BCUT2D eigenvalue weighted by molar-refractivity contribution is 7.07. The fourth-order valence-electron chi connectivity index (χ4n) is 3.99. The zero-order chi connectivity index (χ0) is 15.8. The molecule has 2 fully saturated rings. The minimum atomic E-state index is 0.0448. The fraction of sp³-hybridized carbons (Fsp3) is 0.588. The Labute approximate surface area is 140 Å². The van der Waals surface area contributed by atoms with Crippen LogP contribution < -0.4 is 0 Å². The molecule has 0 radical (unpaired) electrons. The van der Waals surface area contributed by atoms with Crippen LogP contribution in [0, 0.1) is 5.92 Å². The lowest BCUT2D eigenvalue weighted by Crippen LogP contribution is -2.65. The molecule has 23 heavy (non-hydrogen) atoms. The van der Waals surface area contributed by atoms with Crippen molar-refractivity contribution < 1.29 is 9.59 Å². The number of amides is 2. The van der Waals surface area contributed by atoms with E-state index in [1.807, 2.05) is 15.2 Å². The summed E-state index contributed by atoms with van der Waals surface area (Å²) in [5, 5.41) is 1.81. The van der Waals surface area contributed by atoms with E-state index >= 15 is 0 Å². The standard InChI is InChI=1S/C17H21N3O2S/c21-16(7-12-3-1-2-4-12)19-6-5-15-13(8-19)9-20(15)17(22)14-10-23-11-18-14/h3,10-11,13,15H,1-2,4-9H2/t13-,15-/m0/s1. The number of carbonyl (C=O) groups excluding carboxylic acids is 2. The van der Waals surface area contributed by atoms with Gasteiger partial charge in [-0.2, -0.15) is 0 Å². The zero-order valence-electron chi connectivity index (χ0n) is 13.1. The van der Waals surface area contributed by atoms with Crippen LogP contribution in [0.15, 0.2) is 22.5 Å². The summed E-state index contributed by atoms with van der Waals surface area (Å²) in [4.78, 5) is 32.8. The molecular formula is C17H21N3O2S. The summed E-state index contributed by atoms with van der Waals surface area (Å²) in [5.41, 5.74) is 3.56. The Morgan fingerprint density at radius 1 is 1.35 bits per heavy atom. The van der Waals surface area contributed by atoms with Gasteiger partial charge in [0.1, 0.15) is 5.69 Å². The van der Waals surface area contributed by atoms with Gasteiger partial charge in [0.05, 0.1) is 5.51 Å². The summed E-state index contributed by atoms with van der Waals surface area (Å²) in [6.45, 7) is 2.33. The van der Waals surface area contributed by atoms with E-state index in [9.17, 15) is 9.59 Å². The van der Waals surface area contributed by atoms with E-state index < -0.39 is 0 Å². The Morgan fingerprint density at radius 2 is 2.26 bits per heavy atom. The lowest BCUT2D eigenvalue weighted by Gasteiger charge is -2.53. The first-order valence-electron chi connectivity index (χ1n) is 8.37. The number of carbonyl (C=O) groups is 2. The van der Waals surface area contributed by atoms with Crippen LogP contribution in [0.25, 0.3) is 0 Å². The number of nitrogens with zero attached hydrogens (tertiary/aromatic N) is 3. The quantitative estimate of drug-likeness (QED) is 0.799. The molecule has 0 unspecified atom stereocenters. The maximum absolute atomic E-state index is 12.4. The topological polar surface area (TPSA) is 53.5 Å². The highest BCUT2D eigenvalue weighted by atomic mass is 32.1. The third-order valence-corrected chi connectivity index (χ3v) is 5.89. The number of hydrogen-bond acceptors (Lipinski definition) is 4. The van der Waals surface area contributed by atoms with Crippen LogP contribution in [-0.4, -0.2) is 52.3 Å². The average molecular weight is 331 g/mol. The normalized spacial score (nSPS) is 26.5. The van der Waals surface area contributed by atoms with Crippen LogP contribution in [-0.2, 0) is 4.79 Å². The van der Waals surface area contributed by atoms with Gasteiger partial charge in [-0.1, -0.05) is 11.6 Å². The first-order valence-corrected chi connectivity index (χ1v) is 9.31. The molecule has 1 aromatic heterocycles. The summed E-state index contributed by atoms with van der Waals surface area (Å²) >= 11 is 1.45. The number of aromatic nitrogens is 1. The average Bonchev–Trinajstić information content (AvgIpc) is 3.21. The van der Waals surface area contributed by atoms with Crippen molar-refractivity contribution in [3.63, 3.8) is 0 Å². The van der Waals surface area contributed by atoms with E-state index in [4.69, 9.17) is 0 Å². The van der Waals surface area contributed by atoms with E-state index in [2.05, 4.69) is 11.1 Å². The molecule has 6 heteroatoms. The van der Waals surface area contributed by atoms with Crippen LogP contribution in [0.1, 0.15) is 42.6 Å². The summed E-state index contributed by atoms with van der Waals surface area (Å²) in [6, 6.07) is 0.291. The van der Waals surface area contributed by atoms with E-state index in [0.717, 1.165) is 38.9 Å². The predicted octanol–water partition coefficient (Wildman–Crippen LogP) is 2.32. The van der Waals surface area contributed by atoms with Crippen LogP contribution in [0.5, 0.6) is 0 Å². The van der Waals surface area contributed by atoms with Crippen molar-refractivity contribution in [2.24, 2.45) is 5.92 Å². The van der Waals surface area contributed by atoms with Gasteiger partial charge in [0.25, 0.3) is 5.91 Å². The Kier molecular flexibility index (Phi) is 3.93. The van der Waals surface area contributed by atoms with Crippen molar-refractivity contribution in [3.05, 3.63) is 28.2 Å². The van der Waals surface area contributed by atoms with Crippen molar-refractivity contribution in [2.45, 2.75) is 38.1 Å². The second-order valence-corrected chi connectivity index (χ2v) is 7.44. The third kappa shape index (κ3) is 2.80. The molecule has 0 saturated carbocycles. The minimum Gasteiger partial charge on any atom is -0.342 e. The second-order valence-electron chi connectivity index (χ2n) is 6.72. The summed E-state index contributed by atoms with van der Waals surface area (Å²) in [7, 11) is 0. The highest BCUT2D eigenvalue weighted by Gasteiger charge is 2.46. The van der Waals surface area contributed by atoms with Gasteiger partial charge < -0.3 is 9.80 Å². The summed E-state index contributed by atoms with van der Waals surface area (Å²) in [6.07, 6.45) is 7.12. The smallest absolute Gasteiger partial charge is 0.273 e. The molecule has 0 bridgehead atoms. The van der Waals surface area contributed by atoms with E-state index in [1.165, 1.54) is 23.3 Å². The van der Waals surface area contributed by atoms with Crippen LogP contribution in [0.3, 0.4) is 0 Å². The van der Waals surface area contributed by atoms with Crippen LogP contribution in [0.4, 0.5) is 0 Å². The number of likely N-dealkylation sites (tertiary alicyclic amines) is 2. The molecule has 5 nitrogen and oxygen atoms in total. The van der Waals surface area contributed by atoms with Crippen molar-refractivity contribution in [1.82, 2.24) is 14.8 Å². The number of hydrogen-bond donors (Lipinski definition) is 0. The maximum atomic E-state index is 12.4. The first kappa shape index (κ1) is 14.9. The molecule has 122 valence electrons. The molecule has 3 aliphatic rings. The van der Waals surface area contributed by atoms with Crippen molar-refractivity contribution in [2.75, 3.05) is 19.6 Å². The van der Waals surface area contributed by atoms with Crippen LogP contribution >= 0.6 is 11.3 Å². The molecule has 3 heterocycles. The Morgan fingerprint density at radius 3 is 2.96 bits per heavy atom. The van der Waals surface area contributed by atoms with Crippen molar-refractivity contribution in [3.8, 4) is 0 Å². The molecule has 2 aliphatic heterocycles. The molecule has 2 amide bonds. The zero-order valence-corrected chi connectivity index (χ0v) is 13.9. The molecule has 1 aliphatic carbocycles. The van der Waals surface area contributed by atoms with E-state index in [1.54, 1.807) is 5.51 Å². The monoisotopic (exact) mass is 331 g/mol. The van der Waals surface area contributed by atoms with Gasteiger partial charge in [0.15, 0.2) is 0 Å². The number of rotatable bonds is 3. The summed E-state index contributed by atoms with van der Waals surface area (Å²) in [5.74, 6) is 0.747. The summed E-state index contributed by atoms with van der Waals surface area (Å²) < 4.78 is 0. The van der Waals surface area contributed by atoms with Gasteiger partial charge in [-0.15, -0.1) is 11.3 Å². The first-order chi connectivity index (χ1) is 11.2. The third-order valence-electron chi connectivity index (χ3n) is 5.30. The van der Waals surface area contributed by atoms with Gasteiger partial charge in [-0.05, 0) is 25.7 Å². The van der Waals surface area contributed by atoms with E-state index in [-0.39, 0.29) is 11.8 Å². The lowest BCUT2D eigenvalue weighted by molar-refractivity contribution is -0.135. The Balaban J connectivity index is 1.32. The van der Waals surface area contributed by atoms with Gasteiger partial charge >= 0.3 is 0 Å². The number of piperidine rings is 1. The van der Waals surface area contributed by atoms with Crippen LogP contribution in [0.2, 0.25) is 0 Å². The number of thiazole rings is 1. The van der Waals surface area contributed by atoms with Crippen molar-refractivity contribution in [1.29, 1.82) is 0 Å². The van der Waals surface area contributed by atoms with E-state index in [0.29, 0.717) is 24.1 Å². The number of fused-ring (bicyclic) bond motifs is 1. The molecule has 2 atom stereocenters. The van der Waals surface area contributed by atoms with Gasteiger partial charge in [-0.3, -0.25) is 9.59 Å². The maximum Gasteiger partial charge on any atom is 0.273 e. The molecule has 4 rings (SSSR count). The molecule has 0 spiro atoms. The molecule has 0 N–H and O–H groups in total. The highest BCUT2D eigenvalue weighted by Crippen LogP contribution is 2.34. The second kappa shape index (κ2) is 6.07.